The number of hydrogen-bond acceptors (Lipinski definition) is 6. The highest BCUT2D eigenvalue weighted by Crippen LogP contribution is 2.34. The lowest BCUT2D eigenvalue weighted by atomic mass is 10.2. The second-order valence-electron chi connectivity index (χ2n) is 2.79. The van der Waals surface area contributed by atoms with Gasteiger partial charge in [0.15, 0.2) is 17.2 Å². The molecule has 1 aromatic carbocycles. The number of benzene rings is 1. The maximum Gasteiger partial charge on any atom is 0.488 e. The highest BCUT2D eigenvalue weighted by Gasteiger charge is 2.17. The largest absolute Gasteiger partial charge is 0.493 e. The third-order valence-corrected chi connectivity index (χ3v) is 2.17. The summed E-state index contributed by atoms with van der Waals surface area (Å²) in [6.45, 7) is 0. The molecule has 0 saturated heterocycles. The smallest absolute Gasteiger partial charge is 0.488 e. The summed E-state index contributed by atoms with van der Waals surface area (Å²) in [6.07, 6.45) is 0. The molecule has 0 aromatic heterocycles. The zero-order valence-corrected chi connectivity index (χ0v) is 9.75. The molecule has 0 radical (unpaired) electrons. The van der Waals surface area contributed by atoms with Crippen molar-refractivity contribution in [1.29, 1.82) is 5.26 Å². The van der Waals surface area contributed by atoms with E-state index >= 15 is 0 Å². The van der Waals surface area contributed by atoms with Crippen LogP contribution in [-0.2, 0) is 10.5 Å². The van der Waals surface area contributed by atoms with E-state index in [2.05, 4.69) is 4.18 Å². The first-order chi connectivity index (χ1) is 7.91. The minimum Gasteiger partial charge on any atom is -0.493 e. The average molecular weight is 261 g/mol. The number of rotatable bonds is 4. The van der Waals surface area contributed by atoms with E-state index in [1.165, 1.54) is 20.3 Å². The van der Waals surface area contributed by atoms with Crippen LogP contribution in [0.4, 0.5) is 3.89 Å². The van der Waals surface area contributed by atoms with Gasteiger partial charge < -0.3 is 13.7 Å². The fraction of sp³-hybridized carbons (Fsp3) is 0.222. The third-order valence-electron chi connectivity index (χ3n) is 1.80. The standard InChI is InChI=1S/C9H8FNO5S/c1-14-8-3-6(5-11)7(4-9(8)15-2)16-17(10,12)13/h3-4H,1-2H3. The van der Waals surface area contributed by atoms with Gasteiger partial charge in [-0.3, -0.25) is 0 Å². The summed E-state index contributed by atoms with van der Waals surface area (Å²) < 4.78 is 46.8. The molecule has 0 fully saturated rings. The van der Waals surface area contributed by atoms with Gasteiger partial charge in [0.25, 0.3) is 0 Å². The maximum atomic E-state index is 12.4. The Kier molecular flexibility index (Phi) is 3.75. The van der Waals surface area contributed by atoms with Crippen molar-refractivity contribution in [3.8, 4) is 23.3 Å². The Morgan fingerprint density at radius 2 is 1.71 bits per heavy atom. The lowest BCUT2D eigenvalue weighted by Gasteiger charge is -2.10. The van der Waals surface area contributed by atoms with E-state index in [4.69, 9.17) is 14.7 Å². The van der Waals surface area contributed by atoms with Crippen molar-refractivity contribution in [3.05, 3.63) is 17.7 Å². The van der Waals surface area contributed by atoms with Crippen molar-refractivity contribution in [2.45, 2.75) is 0 Å². The number of methoxy groups -OCH3 is 2. The van der Waals surface area contributed by atoms with Crippen LogP contribution in [0.3, 0.4) is 0 Å². The molecule has 0 saturated carbocycles. The van der Waals surface area contributed by atoms with Crippen LogP contribution in [0.1, 0.15) is 5.56 Å². The Bertz CT molecular complexity index is 563. The van der Waals surface area contributed by atoms with Gasteiger partial charge >= 0.3 is 10.5 Å². The van der Waals surface area contributed by atoms with Crippen molar-refractivity contribution in [2.75, 3.05) is 14.2 Å². The highest BCUT2D eigenvalue weighted by molar-refractivity contribution is 7.81. The zero-order valence-electron chi connectivity index (χ0n) is 8.93. The quantitative estimate of drug-likeness (QED) is 0.756. The Labute approximate surface area is 97.6 Å². The Balaban J connectivity index is 3.35. The van der Waals surface area contributed by atoms with E-state index in [0.29, 0.717) is 0 Å². The molecule has 1 aromatic rings. The number of ether oxygens (including phenoxy) is 2. The van der Waals surface area contributed by atoms with Crippen LogP contribution in [-0.4, -0.2) is 22.6 Å². The minimum absolute atomic E-state index is 0.116. The van der Waals surface area contributed by atoms with E-state index in [-0.39, 0.29) is 17.1 Å². The van der Waals surface area contributed by atoms with Gasteiger partial charge in [-0.2, -0.15) is 13.7 Å². The van der Waals surface area contributed by atoms with Crippen LogP contribution in [0.2, 0.25) is 0 Å². The lowest BCUT2D eigenvalue weighted by Crippen LogP contribution is -2.03. The number of hydrogen-bond donors (Lipinski definition) is 0. The maximum absolute atomic E-state index is 12.4. The Morgan fingerprint density at radius 3 is 2.12 bits per heavy atom. The van der Waals surface area contributed by atoms with Crippen LogP contribution in [0.5, 0.6) is 17.2 Å². The van der Waals surface area contributed by atoms with Crippen molar-refractivity contribution in [3.63, 3.8) is 0 Å². The molecule has 0 atom stereocenters. The van der Waals surface area contributed by atoms with Gasteiger partial charge in [0, 0.05) is 12.1 Å². The van der Waals surface area contributed by atoms with Crippen molar-refractivity contribution >= 4 is 10.5 Å². The molecule has 0 heterocycles. The molecule has 0 unspecified atom stereocenters. The van der Waals surface area contributed by atoms with E-state index in [0.717, 1.165) is 6.07 Å². The molecule has 1 rings (SSSR count). The van der Waals surface area contributed by atoms with Crippen LogP contribution in [0.15, 0.2) is 12.1 Å². The molecule has 0 aliphatic heterocycles. The molecular weight excluding hydrogens is 253 g/mol. The van der Waals surface area contributed by atoms with Gasteiger partial charge in [-0.25, -0.2) is 0 Å². The van der Waals surface area contributed by atoms with Crippen molar-refractivity contribution in [2.24, 2.45) is 0 Å². The molecule has 0 amide bonds. The van der Waals surface area contributed by atoms with Gasteiger partial charge in [-0.05, 0) is 0 Å². The van der Waals surface area contributed by atoms with Gasteiger partial charge in [0.2, 0.25) is 0 Å². The SMILES string of the molecule is COc1cc(C#N)c(OS(=O)(=O)F)cc1OC. The summed E-state index contributed by atoms with van der Waals surface area (Å²) in [7, 11) is -2.56. The monoisotopic (exact) mass is 261 g/mol. The number of nitriles is 1. The van der Waals surface area contributed by atoms with Crippen molar-refractivity contribution < 1.29 is 26.0 Å². The van der Waals surface area contributed by atoms with Crippen LogP contribution in [0, 0.1) is 11.3 Å². The number of halogens is 1. The predicted octanol–water partition coefficient (Wildman–Crippen LogP) is 1.17. The molecule has 92 valence electrons. The highest BCUT2D eigenvalue weighted by atomic mass is 32.3. The normalized spacial score (nSPS) is 10.5. The topological polar surface area (TPSA) is 85.6 Å². The van der Waals surface area contributed by atoms with Gasteiger partial charge in [-0.1, -0.05) is 3.89 Å². The molecule has 8 heteroatoms. The molecule has 0 aliphatic carbocycles. The minimum atomic E-state index is -5.20. The summed E-state index contributed by atoms with van der Waals surface area (Å²) in [6, 6.07) is 3.88. The Hall–Kier alpha value is -2.01. The molecular formula is C9H8FNO5S. The van der Waals surface area contributed by atoms with Crippen LogP contribution < -0.4 is 13.7 Å². The van der Waals surface area contributed by atoms with Gasteiger partial charge in [-0.15, -0.1) is 0 Å². The number of nitrogens with zero attached hydrogens (tertiary/aromatic N) is 1. The molecule has 6 nitrogen and oxygen atoms in total. The average Bonchev–Trinajstić information content (AvgIpc) is 2.26. The fourth-order valence-corrected chi connectivity index (χ4v) is 1.48. The van der Waals surface area contributed by atoms with E-state index in [9.17, 15) is 12.3 Å². The van der Waals surface area contributed by atoms with E-state index in [1.54, 1.807) is 6.07 Å². The lowest BCUT2D eigenvalue weighted by molar-refractivity contribution is 0.352. The van der Waals surface area contributed by atoms with Crippen LogP contribution >= 0.6 is 0 Å². The molecule has 0 N–H and O–H groups in total. The van der Waals surface area contributed by atoms with Crippen LogP contribution in [0.25, 0.3) is 0 Å². The summed E-state index contributed by atoms with van der Waals surface area (Å²) in [5.41, 5.74) is -0.191. The second kappa shape index (κ2) is 4.88. The first-order valence-corrected chi connectivity index (χ1v) is 5.52. The summed E-state index contributed by atoms with van der Waals surface area (Å²) >= 11 is 0. The predicted molar refractivity (Wildman–Crippen MR) is 54.9 cm³/mol. The van der Waals surface area contributed by atoms with Gasteiger partial charge in [0.05, 0.1) is 19.8 Å². The summed E-state index contributed by atoms with van der Waals surface area (Å²) in [5, 5.41) is 8.76. The molecule has 0 bridgehead atoms. The zero-order chi connectivity index (χ0) is 13.1. The molecule has 0 spiro atoms. The van der Waals surface area contributed by atoms with Gasteiger partial charge in [0.1, 0.15) is 6.07 Å². The third kappa shape index (κ3) is 3.22. The van der Waals surface area contributed by atoms with Crippen molar-refractivity contribution in [1.82, 2.24) is 0 Å². The summed E-state index contributed by atoms with van der Waals surface area (Å²) in [5.74, 6) is -0.148. The van der Waals surface area contributed by atoms with E-state index < -0.39 is 16.3 Å². The first kappa shape index (κ1) is 13.1. The first-order valence-electron chi connectivity index (χ1n) is 4.21. The molecule has 0 aliphatic rings. The Morgan fingerprint density at radius 1 is 1.18 bits per heavy atom. The molecule has 17 heavy (non-hydrogen) atoms. The van der Waals surface area contributed by atoms with E-state index in [1.807, 2.05) is 0 Å². The fourth-order valence-electron chi connectivity index (χ4n) is 1.12. The summed E-state index contributed by atoms with van der Waals surface area (Å²) in [4.78, 5) is 0. The second-order valence-corrected chi connectivity index (χ2v) is 3.74.